The molecule has 0 unspecified atom stereocenters. The van der Waals surface area contributed by atoms with E-state index < -0.39 is 12.1 Å². The lowest BCUT2D eigenvalue weighted by atomic mass is 10.2. The molecule has 4 nitrogen and oxygen atoms in total. The summed E-state index contributed by atoms with van der Waals surface area (Å²) in [6.45, 7) is -0.351. The fraction of sp³-hybridized carbons (Fsp3) is 0.444. The van der Waals surface area contributed by atoms with Gasteiger partial charge in [-0.15, -0.1) is 0 Å². The minimum Gasteiger partial charge on any atom is -0.495 e. The Kier molecular flexibility index (Phi) is 3.79. The number of aliphatic hydroxyl groups is 1. The van der Waals surface area contributed by atoms with Crippen molar-refractivity contribution in [2.75, 3.05) is 14.2 Å². The summed E-state index contributed by atoms with van der Waals surface area (Å²) < 4.78 is 34.5. The van der Waals surface area contributed by atoms with Gasteiger partial charge in [-0.3, -0.25) is 0 Å². The van der Waals surface area contributed by atoms with Crippen molar-refractivity contribution in [2.45, 2.75) is 13.0 Å². The van der Waals surface area contributed by atoms with E-state index in [4.69, 9.17) is 14.6 Å². The van der Waals surface area contributed by atoms with E-state index in [2.05, 4.69) is 4.98 Å². The average molecular weight is 219 g/mol. The minimum atomic E-state index is -2.75. The Morgan fingerprint density at radius 3 is 2.47 bits per heavy atom. The van der Waals surface area contributed by atoms with Gasteiger partial charge in [0, 0.05) is 5.56 Å². The molecule has 0 aliphatic carbocycles. The predicted molar refractivity (Wildman–Crippen MR) is 48.2 cm³/mol. The quantitative estimate of drug-likeness (QED) is 0.834. The number of hydrogen-bond acceptors (Lipinski definition) is 4. The maximum atomic E-state index is 12.5. The third kappa shape index (κ3) is 2.33. The van der Waals surface area contributed by atoms with E-state index in [1.807, 2.05) is 0 Å². The third-order valence-electron chi connectivity index (χ3n) is 1.84. The first-order valence-electron chi connectivity index (χ1n) is 4.14. The van der Waals surface area contributed by atoms with Gasteiger partial charge in [-0.05, 0) is 6.07 Å². The van der Waals surface area contributed by atoms with Crippen LogP contribution >= 0.6 is 0 Å². The lowest BCUT2D eigenvalue weighted by molar-refractivity contribution is 0.139. The Balaban J connectivity index is 3.27. The number of nitrogens with zero attached hydrogens (tertiary/aromatic N) is 1. The largest absolute Gasteiger partial charge is 0.495 e. The molecule has 0 spiro atoms. The van der Waals surface area contributed by atoms with Gasteiger partial charge in [0.15, 0.2) is 5.69 Å². The van der Waals surface area contributed by atoms with Crippen LogP contribution in [0.25, 0.3) is 0 Å². The minimum absolute atomic E-state index is 0.0198. The summed E-state index contributed by atoms with van der Waals surface area (Å²) in [6, 6.07) is 1.29. The maximum absolute atomic E-state index is 12.5. The SMILES string of the molecule is COc1cc(CO)c(OC)nc1C(F)F. The molecule has 0 atom stereocenters. The first-order chi connectivity index (χ1) is 7.13. The second-order valence-electron chi connectivity index (χ2n) is 2.70. The van der Waals surface area contributed by atoms with Crippen molar-refractivity contribution in [1.82, 2.24) is 4.98 Å². The van der Waals surface area contributed by atoms with E-state index in [-0.39, 0.29) is 18.2 Å². The molecular weight excluding hydrogens is 208 g/mol. The molecule has 84 valence electrons. The maximum Gasteiger partial charge on any atom is 0.284 e. The fourth-order valence-electron chi connectivity index (χ4n) is 1.14. The molecule has 1 aromatic heterocycles. The molecule has 15 heavy (non-hydrogen) atoms. The normalized spacial score (nSPS) is 10.5. The number of halogens is 2. The molecule has 0 fully saturated rings. The molecule has 1 heterocycles. The van der Waals surface area contributed by atoms with Gasteiger partial charge in [0.05, 0.1) is 20.8 Å². The molecule has 0 bridgehead atoms. The van der Waals surface area contributed by atoms with Crippen molar-refractivity contribution in [3.05, 3.63) is 17.3 Å². The molecule has 0 saturated carbocycles. The highest BCUT2D eigenvalue weighted by Crippen LogP contribution is 2.31. The van der Waals surface area contributed by atoms with E-state index in [1.165, 1.54) is 20.3 Å². The number of hydrogen-bond donors (Lipinski definition) is 1. The van der Waals surface area contributed by atoms with Crippen molar-refractivity contribution < 1.29 is 23.4 Å². The second kappa shape index (κ2) is 4.88. The first-order valence-corrected chi connectivity index (χ1v) is 4.14. The van der Waals surface area contributed by atoms with E-state index in [0.29, 0.717) is 5.56 Å². The van der Waals surface area contributed by atoms with Crippen molar-refractivity contribution >= 4 is 0 Å². The highest BCUT2D eigenvalue weighted by molar-refractivity contribution is 5.39. The van der Waals surface area contributed by atoms with Gasteiger partial charge in [-0.1, -0.05) is 0 Å². The summed E-state index contributed by atoms with van der Waals surface area (Å²) >= 11 is 0. The van der Waals surface area contributed by atoms with E-state index >= 15 is 0 Å². The van der Waals surface area contributed by atoms with Crippen molar-refractivity contribution in [3.63, 3.8) is 0 Å². The van der Waals surface area contributed by atoms with Gasteiger partial charge in [0.2, 0.25) is 5.88 Å². The molecule has 1 rings (SSSR count). The Hall–Kier alpha value is -1.43. The number of methoxy groups -OCH3 is 2. The summed E-state index contributed by atoms with van der Waals surface area (Å²) in [5.41, 5.74) is -0.190. The summed E-state index contributed by atoms with van der Waals surface area (Å²) in [7, 11) is 2.56. The fourth-order valence-corrected chi connectivity index (χ4v) is 1.14. The zero-order valence-corrected chi connectivity index (χ0v) is 8.33. The number of ether oxygens (including phenoxy) is 2. The van der Waals surface area contributed by atoms with Gasteiger partial charge >= 0.3 is 0 Å². The van der Waals surface area contributed by atoms with Crippen LogP contribution in [0.5, 0.6) is 11.6 Å². The van der Waals surface area contributed by atoms with Gasteiger partial charge in [-0.25, -0.2) is 13.8 Å². The van der Waals surface area contributed by atoms with E-state index in [1.54, 1.807) is 0 Å². The van der Waals surface area contributed by atoms with Crippen LogP contribution in [0.15, 0.2) is 6.07 Å². The van der Waals surface area contributed by atoms with Crippen LogP contribution in [0.4, 0.5) is 8.78 Å². The molecule has 0 radical (unpaired) electrons. The number of alkyl halides is 2. The highest BCUT2D eigenvalue weighted by Gasteiger charge is 2.19. The first kappa shape index (κ1) is 11.6. The predicted octanol–water partition coefficient (Wildman–Crippen LogP) is 1.53. The van der Waals surface area contributed by atoms with Crippen LogP contribution in [0.2, 0.25) is 0 Å². The second-order valence-corrected chi connectivity index (χ2v) is 2.70. The zero-order chi connectivity index (χ0) is 11.4. The Morgan fingerprint density at radius 1 is 1.40 bits per heavy atom. The number of aliphatic hydroxyl groups excluding tert-OH is 1. The molecule has 6 heteroatoms. The molecule has 0 aromatic carbocycles. The summed E-state index contributed by atoms with van der Waals surface area (Å²) in [5.74, 6) is -0.0801. The van der Waals surface area contributed by atoms with Gasteiger partial charge in [-0.2, -0.15) is 0 Å². The zero-order valence-electron chi connectivity index (χ0n) is 8.33. The number of aromatic nitrogens is 1. The summed E-state index contributed by atoms with van der Waals surface area (Å²) in [6.07, 6.45) is -2.75. The molecule has 0 aliphatic rings. The highest BCUT2D eigenvalue weighted by atomic mass is 19.3. The monoisotopic (exact) mass is 219 g/mol. The Morgan fingerprint density at radius 2 is 2.07 bits per heavy atom. The lowest BCUT2D eigenvalue weighted by Crippen LogP contribution is -2.02. The average Bonchev–Trinajstić information content (AvgIpc) is 2.26. The molecule has 1 N–H and O–H groups in total. The Labute approximate surface area is 85.5 Å². The van der Waals surface area contributed by atoms with E-state index in [0.717, 1.165) is 0 Å². The number of pyridine rings is 1. The molecule has 1 aromatic rings. The standard InChI is InChI=1S/C9H11F2NO3/c1-14-6-3-5(4-13)9(15-2)12-7(6)8(10)11/h3,8,13H,4H2,1-2H3. The van der Waals surface area contributed by atoms with Crippen LogP contribution < -0.4 is 9.47 Å². The lowest BCUT2D eigenvalue weighted by Gasteiger charge is -2.11. The molecule has 0 amide bonds. The topological polar surface area (TPSA) is 51.6 Å². The van der Waals surface area contributed by atoms with Crippen LogP contribution in [-0.4, -0.2) is 24.3 Å². The van der Waals surface area contributed by atoms with Crippen LogP contribution in [-0.2, 0) is 6.61 Å². The van der Waals surface area contributed by atoms with Crippen LogP contribution in [0.3, 0.4) is 0 Å². The summed E-state index contributed by atoms with van der Waals surface area (Å²) in [5, 5.41) is 8.94. The molecular formula is C9H11F2NO3. The van der Waals surface area contributed by atoms with Crippen LogP contribution in [0, 0.1) is 0 Å². The van der Waals surface area contributed by atoms with Crippen molar-refractivity contribution in [2.24, 2.45) is 0 Å². The van der Waals surface area contributed by atoms with Gasteiger partial charge in [0.1, 0.15) is 5.75 Å². The van der Waals surface area contributed by atoms with Crippen molar-refractivity contribution in [3.8, 4) is 11.6 Å². The van der Waals surface area contributed by atoms with Crippen LogP contribution in [0.1, 0.15) is 17.7 Å². The number of rotatable bonds is 4. The molecule has 0 aliphatic heterocycles. The van der Waals surface area contributed by atoms with Gasteiger partial charge in [0.25, 0.3) is 6.43 Å². The summed E-state index contributed by atoms with van der Waals surface area (Å²) in [4.78, 5) is 3.58. The molecule has 0 saturated heterocycles. The Bertz CT molecular complexity index is 344. The van der Waals surface area contributed by atoms with E-state index in [9.17, 15) is 8.78 Å². The van der Waals surface area contributed by atoms with Gasteiger partial charge < -0.3 is 14.6 Å². The van der Waals surface area contributed by atoms with Crippen molar-refractivity contribution in [1.29, 1.82) is 0 Å². The smallest absolute Gasteiger partial charge is 0.284 e. The third-order valence-corrected chi connectivity index (χ3v) is 1.84.